The van der Waals surface area contributed by atoms with Crippen LogP contribution in [0.25, 0.3) is 11.4 Å². The molecule has 1 aromatic heterocycles. The predicted molar refractivity (Wildman–Crippen MR) is 89.0 cm³/mol. The topological polar surface area (TPSA) is 91.2 Å². The molecule has 1 aliphatic rings. The summed E-state index contributed by atoms with van der Waals surface area (Å²) in [5.41, 5.74) is 1.15. The number of hydrogen-bond donors (Lipinski definition) is 1. The van der Waals surface area contributed by atoms with Gasteiger partial charge < -0.3 is 14.8 Å². The minimum Gasteiger partial charge on any atom is -0.454 e. The van der Waals surface area contributed by atoms with Crippen molar-refractivity contribution in [1.82, 2.24) is 20.2 Å². The molecule has 132 valence electrons. The number of nitrogens with one attached hydrogen (secondary N) is 1. The number of anilines is 1. The molecule has 0 spiro atoms. The van der Waals surface area contributed by atoms with Crippen LogP contribution in [0.1, 0.15) is 6.42 Å². The molecule has 4 rings (SSSR count). The normalized spacial score (nSPS) is 12.2. The maximum absolute atomic E-state index is 13.3. The second kappa shape index (κ2) is 6.79. The van der Waals surface area contributed by atoms with E-state index in [0.717, 1.165) is 0 Å². The maximum atomic E-state index is 13.3. The molecule has 2 aromatic carbocycles. The van der Waals surface area contributed by atoms with E-state index in [-0.39, 0.29) is 31.5 Å². The average molecular weight is 355 g/mol. The standard InChI is InChI=1S/C17H14FN5O3/c18-12-3-1-2-11(8-12)17-20-22-23(21-17)7-6-16(24)19-13-4-5-14-15(9-13)26-10-25-14/h1-5,8-9H,6-7,10H2,(H,19,24). The summed E-state index contributed by atoms with van der Waals surface area (Å²) in [6.45, 7) is 0.428. The van der Waals surface area contributed by atoms with Crippen LogP contribution < -0.4 is 14.8 Å². The van der Waals surface area contributed by atoms with Crippen molar-refractivity contribution in [1.29, 1.82) is 0 Å². The lowest BCUT2D eigenvalue weighted by Gasteiger charge is -2.05. The number of amides is 1. The number of fused-ring (bicyclic) bond motifs is 1. The number of tetrazole rings is 1. The summed E-state index contributed by atoms with van der Waals surface area (Å²) in [5.74, 6) is 0.983. The first-order valence-corrected chi connectivity index (χ1v) is 7.91. The van der Waals surface area contributed by atoms with E-state index in [2.05, 4.69) is 20.7 Å². The molecule has 1 aliphatic heterocycles. The van der Waals surface area contributed by atoms with Gasteiger partial charge in [-0.1, -0.05) is 12.1 Å². The quantitative estimate of drug-likeness (QED) is 0.755. The number of carbonyl (C=O) groups excluding carboxylic acids is 1. The lowest BCUT2D eigenvalue weighted by molar-refractivity contribution is -0.116. The van der Waals surface area contributed by atoms with Crippen LogP contribution in [0.2, 0.25) is 0 Å². The van der Waals surface area contributed by atoms with Gasteiger partial charge in [-0.25, -0.2) is 4.39 Å². The van der Waals surface area contributed by atoms with Crippen LogP contribution in [0, 0.1) is 5.82 Å². The second-order valence-corrected chi connectivity index (χ2v) is 5.59. The van der Waals surface area contributed by atoms with Gasteiger partial charge in [-0.2, -0.15) is 4.80 Å². The SMILES string of the molecule is O=C(CCn1nnc(-c2cccc(F)c2)n1)Nc1ccc2c(c1)OCO2. The summed E-state index contributed by atoms with van der Waals surface area (Å²) in [6, 6.07) is 11.1. The molecule has 1 amide bonds. The van der Waals surface area contributed by atoms with Crippen molar-refractivity contribution >= 4 is 11.6 Å². The fraction of sp³-hybridized carbons (Fsp3) is 0.176. The molecular weight excluding hydrogens is 341 g/mol. The van der Waals surface area contributed by atoms with Crippen molar-refractivity contribution in [2.75, 3.05) is 12.1 Å². The largest absolute Gasteiger partial charge is 0.454 e. The van der Waals surface area contributed by atoms with Gasteiger partial charge in [0, 0.05) is 23.7 Å². The number of aryl methyl sites for hydroxylation is 1. The Morgan fingerprint density at radius 3 is 2.96 bits per heavy atom. The third kappa shape index (κ3) is 3.46. The second-order valence-electron chi connectivity index (χ2n) is 5.59. The van der Waals surface area contributed by atoms with E-state index in [1.165, 1.54) is 16.9 Å². The minimum atomic E-state index is -0.373. The molecule has 0 radical (unpaired) electrons. The molecular formula is C17H14FN5O3. The van der Waals surface area contributed by atoms with Gasteiger partial charge in [0.15, 0.2) is 11.5 Å². The summed E-state index contributed by atoms with van der Waals surface area (Å²) < 4.78 is 23.7. The van der Waals surface area contributed by atoms with E-state index in [0.29, 0.717) is 28.6 Å². The monoisotopic (exact) mass is 355 g/mol. The van der Waals surface area contributed by atoms with Crippen molar-refractivity contribution in [3.05, 3.63) is 48.3 Å². The number of benzene rings is 2. The van der Waals surface area contributed by atoms with Crippen LogP contribution >= 0.6 is 0 Å². The molecule has 0 atom stereocenters. The van der Waals surface area contributed by atoms with Gasteiger partial charge >= 0.3 is 0 Å². The number of nitrogens with zero attached hydrogens (tertiary/aromatic N) is 4. The zero-order valence-corrected chi connectivity index (χ0v) is 13.6. The minimum absolute atomic E-state index is 0.160. The van der Waals surface area contributed by atoms with Crippen LogP contribution in [-0.4, -0.2) is 32.9 Å². The van der Waals surface area contributed by atoms with Gasteiger partial charge in [-0.05, 0) is 29.5 Å². The molecule has 0 aliphatic carbocycles. The Morgan fingerprint density at radius 1 is 1.19 bits per heavy atom. The molecule has 9 heteroatoms. The molecule has 26 heavy (non-hydrogen) atoms. The molecule has 0 fully saturated rings. The van der Waals surface area contributed by atoms with Gasteiger partial charge in [-0.3, -0.25) is 4.79 Å². The lowest BCUT2D eigenvalue weighted by Crippen LogP contribution is -2.15. The predicted octanol–water partition coefficient (Wildman–Crippen LogP) is 2.24. The first kappa shape index (κ1) is 16.0. The van der Waals surface area contributed by atoms with E-state index in [1.54, 1.807) is 30.3 Å². The maximum Gasteiger partial charge on any atom is 0.231 e. The van der Waals surface area contributed by atoms with Crippen molar-refractivity contribution in [2.24, 2.45) is 0 Å². The Hall–Kier alpha value is -3.49. The Labute approximate surface area is 147 Å². The van der Waals surface area contributed by atoms with Gasteiger partial charge in [0.1, 0.15) is 5.82 Å². The van der Waals surface area contributed by atoms with Crippen LogP contribution in [0.3, 0.4) is 0 Å². The summed E-state index contributed by atoms with van der Waals surface area (Å²) in [4.78, 5) is 13.4. The van der Waals surface area contributed by atoms with E-state index in [9.17, 15) is 9.18 Å². The van der Waals surface area contributed by atoms with Crippen molar-refractivity contribution in [3.8, 4) is 22.9 Å². The highest BCUT2D eigenvalue weighted by molar-refractivity contribution is 5.91. The molecule has 8 nitrogen and oxygen atoms in total. The first-order chi connectivity index (χ1) is 12.7. The fourth-order valence-electron chi connectivity index (χ4n) is 2.48. The molecule has 3 aromatic rings. The van der Waals surface area contributed by atoms with Crippen LogP contribution in [0.5, 0.6) is 11.5 Å². The number of halogens is 1. The van der Waals surface area contributed by atoms with Gasteiger partial charge in [0.05, 0.1) is 6.54 Å². The number of ether oxygens (including phenoxy) is 2. The third-order valence-corrected chi connectivity index (χ3v) is 3.73. The Morgan fingerprint density at radius 2 is 2.08 bits per heavy atom. The zero-order chi connectivity index (χ0) is 17.9. The van der Waals surface area contributed by atoms with E-state index in [1.807, 2.05) is 0 Å². The third-order valence-electron chi connectivity index (χ3n) is 3.73. The summed E-state index contributed by atoms with van der Waals surface area (Å²) in [5, 5.41) is 14.7. The van der Waals surface area contributed by atoms with Gasteiger partial charge in [0.25, 0.3) is 0 Å². The van der Waals surface area contributed by atoms with Crippen molar-refractivity contribution in [3.63, 3.8) is 0 Å². The van der Waals surface area contributed by atoms with Crippen LogP contribution in [0.4, 0.5) is 10.1 Å². The molecule has 0 bridgehead atoms. The van der Waals surface area contributed by atoms with E-state index >= 15 is 0 Å². The number of carbonyl (C=O) groups is 1. The number of hydrogen-bond acceptors (Lipinski definition) is 6. The summed E-state index contributed by atoms with van der Waals surface area (Å²) in [7, 11) is 0. The molecule has 1 N–H and O–H groups in total. The lowest BCUT2D eigenvalue weighted by atomic mass is 10.2. The highest BCUT2D eigenvalue weighted by atomic mass is 19.1. The number of aromatic nitrogens is 4. The smallest absolute Gasteiger partial charge is 0.231 e. The fourth-order valence-corrected chi connectivity index (χ4v) is 2.48. The highest BCUT2D eigenvalue weighted by Crippen LogP contribution is 2.34. The zero-order valence-electron chi connectivity index (χ0n) is 13.6. The first-order valence-electron chi connectivity index (χ1n) is 7.91. The molecule has 0 saturated heterocycles. The Balaban J connectivity index is 1.35. The molecule has 0 saturated carbocycles. The van der Waals surface area contributed by atoms with Crippen molar-refractivity contribution in [2.45, 2.75) is 13.0 Å². The van der Waals surface area contributed by atoms with Gasteiger partial charge in [-0.15, -0.1) is 10.2 Å². The van der Waals surface area contributed by atoms with Crippen molar-refractivity contribution < 1.29 is 18.7 Å². The summed E-state index contributed by atoms with van der Waals surface area (Å²) in [6.07, 6.45) is 0.160. The number of rotatable bonds is 5. The molecule has 2 heterocycles. The highest BCUT2D eigenvalue weighted by Gasteiger charge is 2.14. The Kier molecular flexibility index (Phi) is 4.18. The van der Waals surface area contributed by atoms with Gasteiger partial charge in [0.2, 0.25) is 18.5 Å². The Bertz CT molecular complexity index is 959. The van der Waals surface area contributed by atoms with Crippen LogP contribution in [0.15, 0.2) is 42.5 Å². The summed E-state index contributed by atoms with van der Waals surface area (Å²) >= 11 is 0. The average Bonchev–Trinajstić information content (AvgIpc) is 3.29. The van der Waals surface area contributed by atoms with E-state index < -0.39 is 0 Å². The van der Waals surface area contributed by atoms with E-state index in [4.69, 9.17) is 9.47 Å². The molecule has 0 unspecified atom stereocenters. The van der Waals surface area contributed by atoms with Crippen LogP contribution in [-0.2, 0) is 11.3 Å².